The highest BCUT2D eigenvalue weighted by atomic mass is 79.9. The Morgan fingerprint density at radius 1 is 1.03 bits per heavy atom. The minimum Gasteiger partial charge on any atom is -0.495 e. The van der Waals surface area contributed by atoms with Crippen LogP contribution in [0.25, 0.3) is 27.5 Å². The molecule has 0 unspecified atom stereocenters. The number of benzene rings is 4. The first-order valence-corrected chi connectivity index (χ1v) is 13.0. The van der Waals surface area contributed by atoms with E-state index in [0.717, 1.165) is 16.3 Å². The Labute approximate surface area is 237 Å². The van der Waals surface area contributed by atoms with Crippen LogP contribution in [-0.4, -0.2) is 40.2 Å². The van der Waals surface area contributed by atoms with E-state index in [-0.39, 0.29) is 5.11 Å². The van der Waals surface area contributed by atoms with Crippen LogP contribution in [0.3, 0.4) is 0 Å². The molecule has 4 aromatic carbocycles. The summed E-state index contributed by atoms with van der Waals surface area (Å²) < 4.78 is 11.4. The summed E-state index contributed by atoms with van der Waals surface area (Å²) in [4.78, 5) is 14.7. The van der Waals surface area contributed by atoms with Gasteiger partial charge >= 0.3 is 0 Å². The van der Waals surface area contributed by atoms with Gasteiger partial charge in [-0.3, -0.25) is 10.1 Å². The number of ether oxygens (including phenoxy) is 2. The molecule has 1 aromatic heterocycles. The van der Waals surface area contributed by atoms with Gasteiger partial charge in [0, 0.05) is 5.69 Å². The van der Waals surface area contributed by atoms with E-state index in [2.05, 4.69) is 36.8 Å². The summed E-state index contributed by atoms with van der Waals surface area (Å²) >= 11 is 15.3. The molecule has 0 saturated carbocycles. The number of anilines is 1. The maximum Gasteiger partial charge on any atom is 0.261 e. The number of thiocarbonyl (C=S) groups is 1. The van der Waals surface area contributed by atoms with Crippen LogP contribution in [0.1, 0.15) is 15.9 Å². The molecule has 38 heavy (non-hydrogen) atoms. The van der Waals surface area contributed by atoms with E-state index in [0.29, 0.717) is 49.0 Å². The van der Waals surface area contributed by atoms with Gasteiger partial charge in [-0.25, -0.2) is 0 Å². The predicted octanol–water partition coefficient (Wildman–Crippen LogP) is 6.44. The zero-order valence-electron chi connectivity index (χ0n) is 20.5. The molecule has 0 fully saturated rings. The number of hydrogen-bond acceptors (Lipinski definition) is 6. The first-order valence-electron chi connectivity index (χ1n) is 11.4. The molecule has 5 rings (SSSR count). The van der Waals surface area contributed by atoms with Crippen molar-refractivity contribution in [3.63, 3.8) is 0 Å². The number of carbonyl (C=O) groups excluding carboxylic acids is 1. The zero-order chi connectivity index (χ0) is 27.0. The number of nitrogens with zero attached hydrogens (tertiary/aromatic N) is 3. The number of nitrogens with one attached hydrogen (secondary N) is 2. The van der Waals surface area contributed by atoms with Gasteiger partial charge in [0.15, 0.2) is 5.11 Å². The van der Waals surface area contributed by atoms with Crippen LogP contribution in [0.15, 0.2) is 65.1 Å². The number of hydrogen-bond donors (Lipinski definition) is 2. The summed E-state index contributed by atoms with van der Waals surface area (Å²) in [6.45, 7) is 1.92. The second-order valence-electron chi connectivity index (χ2n) is 8.36. The Morgan fingerprint density at radius 3 is 2.47 bits per heavy atom. The summed E-state index contributed by atoms with van der Waals surface area (Å²) in [6.07, 6.45) is 0. The average Bonchev–Trinajstić information content (AvgIpc) is 3.31. The van der Waals surface area contributed by atoms with E-state index in [9.17, 15) is 4.79 Å². The highest BCUT2D eigenvalue weighted by Crippen LogP contribution is 2.36. The Balaban J connectivity index is 1.38. The van der Waals surface area contributed by atoms with Crippen molar-refractivity contribution in [1.29, 1.82) is 0 Å². The minimum absolute atomic E-state index is 0.137. The number of aryl methyl sites for hydroxylation is 1. The molecule has 2 N–H and O–H groups in total. The van der Waals surface area contributed by atoms with Crippen LogP contribution in [-0.2, 0) is 0 Å². The van der Waals surface area contributed by atoms with Gasteiger partial charge in [-0.05, 0) is 87.8 Å². The van der Waals surface area contributed by atoms with Crippen LogP contribution in [0.4, 0.5) is 5.69 Å². The van der Waals surface area contributed by atoms with Crippen molar-refractivity contribution in [3.05, 3.63) is 81.3 Å². The lowest BCUT2D eigenvalue weighted by Gasteiger charge is -2.15. The number of rotatable bonds is 5. The van der Waals surface area contributed by atoms with Crippen LogP contribution in [0.5, 0.6) is 11.5 Å². The lowest BCUT2D eigenvalue weighted by atomic mass is 10.1. The molecular weight excluding hydrogens is 590 g/mol. The SMILES string of the molecule is COc1ccc(-n2nc3cc(C)c(NC(=S)NC(=O)c4cc5ccccc5c(Br)c4OC)cc3n2)cc1Cl. The molecule has 0 aliphatic rings. The third-order valence-corrected chi connectivity index (χ3v) is 7.24. The third kappa shape index (κ3) is 4.90. The summed E-state index contributed by atoms with van der Waals surface area (Å²) in [5.41, 5.74) is 3.95. The topological polar surface area (TPSA) is 90.3 Å². The Bertz CT molecular complexity index is 1740. The maximum absolute atomic E-state index is 13.2. The van der Waals surface area contributed by atoms with Crippen molar-refractivity contribution in [3.8, 4) is 17.2 Å². The predicted molar refractivity (Wildman–Crippen MR) is 157 cm³/mol. The molecule has 8 nitrogen and oxygen atoms in total. The van der Waals surface area contributed by atoms with Gasteiger partial charge in [0.25, 0.3) is 5.91 Å². The molecule has 0 atom stereocenters. The summed E-state index contributed by atoms with van der Waals surface area (Å²) in [7, 11) is 3.08. The normalized spacial score (nSPS) is 11.0. The quantitative estimate of drug-likeness (QED) is 0.221. The Hall–Kier alpha value is -3.73. The number of aromatic nitrogens is 3. The van der Waals surface area contributed by atoms with Crippen LogP contribution in [0.2, 0.25) is 5.02 Å². The van der Waals surface area contributed by atoms with E-state index in [4.69, 9.17) is 33.3 Å². The second kappa shape index (κ2) is 10.6. The Morgan fingerprint density at radius 2 is 1.76 bits per heavy atom. The zero-order valence-corrected chi connectivity index (χ0v) is 23.7. The number of halogens is 2. The van der Waals surface area contributed by atoms with Crippen LogP contribution < -0.4 is 20.1 Å². The van der Waals surface area contributed by atoms with Gasteiger partial charge in [0.05, 0.1) is 35.0 Å². The number of carbonyl (C=O) groups is 1. The van der Waals surface area contributed by atoms with Crippen molar-refractivity contribution >= 4 is 78.3 Å². The number of fused-ring (bicyclic) bond motifs is 2. The van der Waals surface area contributed by atoms with Crippen molar-refractivity contribution in [2.24, 2.45) is 0 Å². The van der Waals surface area contributed by atoms with Crippen molar-refractivity contribution < 1.29 is 14.3 Å². The monoisotopic (exact) mass is 609 g/mol. The highest BCUT2D eigenvalue weighted by Gasteiger charge is 2.19. The molecule has 0 spiro atoms. The molecule has 1 heterocycles. The smallest absolute Gasteiger partial charge is 0.261 e. The number of amides is 1. The van der Waals surface area contributed by atoms with E-state index < -0.39 is 5.91 Å². The van der Waals surface area contributed by atoms with E-state index >= 15 is 0 Å². The standard InChI is InChI=1S/C27H21BrClN5O3S/c1-14-10-21-22(33-34(32-21)16-8-9-23(36-2)19(29)12-16)13-20(14)30-27(38)31-26(35)18-11-15-6-4-5-7-17(15)24(28)25(18)37-3/h4-13H,1-3H3,(H2,30,31,35,38). The largest absolute Gasteiger partial charge is 0.495 e. The summed E-state index contributed by atoms with van der Waals surface area (Å²) in [5, 5.41) is 17.4. The Kier molecular flexibility index (Phi) is 7.20. The molecule has 11 heteroatoms. The lowest BCUT2D eigenvalue weighted by molar-refractivity contribution is 0.0975. The molecule has 0 aliphatic carbocycles. The van der Waals surface area contributed by atoms with Gasteiger partial charge < -0.3 is 14.8 Å². The fourth-order valence-electron chi connectivity index (χ4n) is 4.07. The maximum atomic E-state index is 13.2. The average molecular weight is 611 g/mol. The molecule has 0 bridgehead atoms. The molecule has 0 saturated heterocycles. The van der Waals surface area contributed by atoms with Crippen molar-refractivity contribution in [2.45, 2.75) is 6.92 Å². The van der Waals surface area contributed by atoms with Crippen LogP contribution in [0, 0.1) is 6.92 Å². The second-order valence-corrected chi connectivity index (χ2v) is 9.97. The summed E-state index contributed by atoms with van der Waals surface area (Å²) in [6, 6.07) is 18.5. The molecule has 192 valence electrons. The van der Waals surface area contributed by atoms with Crippen molar-refractivity contribution in [2.75, 3.05) is 19.5 Å². The minimum atomic E-state index is -0.396. The van der Waals surface area contributed by atoms with Gasteiger partial charge in [-0.15, -0.1) is 10.2 Å². The van der Waals surface area contributed by atoms with Gasteiger partial charge in [-0.2, -0.15) is 4.80 Å². The lowest BCUT2D eigenvalue weighted by Crippen LogP contribution is -2.34. The molecule has 0 aliphatic heterocycles. The van der Waals surface area contributed by atoms with E-state index in [1.807, 2.05) is 49.4 Å². The fourth-order valence-corrected chi connectivity index (χ4v) is 5.27. The first-order chi connectivity index (χ1) is 18.3. The van der Waals surface area contributed by atoms with Crippen LogP contribution >= 0.6 is 39.7 Å². The highest BCUT2D eigenvalue weighted by molar-refractivity contribution is 9.10. The van der Waals surface area contributed by atoms with Gasteiger partial charge in [0.2, 0.25) is 0 Å². The first kappa shape index (κ1) is 25.9. The van der Waals surface area contributed by atoms with Gasteiger partial charge in [0.1, 0.15) is 22.5 Å². The van der Waals surface area contributed by atoms with E-state index in [1.54, 1.807) is 25.3 Å². The molecular formula is C27H21BrClN5O3S. The summed E-state index contributed by atoms with van der Waals surface area (Å²) in [5.74, 6) is 0.599. The van der Waals surface area contributed by atoms with E-state index in [1.165, 1.54) is 11.9 Å². The van der Waals surface area contributed by atoms with Crippen molar-refractivity contribution in [1.82, 2.24) is 20.3 Å². The molecule has 0 radical (unpaired) electrons. The van der Waals surface area contributed by atoms with Gasteiger partial charge in [-0.1, -0.05) is 35.9 Å². The third-order valence-electron chi connectivity index (χ3n) is 5.96. The molecule has 5 aromatic rings. The fraction of sp³-hybridized carbons (Fsp3) is 0.111. The molecule has 1 amide bonds. The number of methoxy groups -OCH3 is 2.